The Bertz CT molecular complexity index is 2120. The molecule has 2 aromatic rings. The fraction of sp³-hybridized carbons (Fsp3) is 0.609. The van der Waals surface area contributed by atoms with Crippen LogP contribution >= 0.6 is 0 Å². The van der Waals surface area contributed by atoms with Crippen molar-refractivity contribution in [3.05, 3.63) is 60.2 Å². The van der Waals surface area contributed by atoms with Crippen LogP contribution < -0.4 is 20.7 Å². The molecule has 0 radical (unpaired) electrons. The summed E-state index contributed by atoms with van der Waals surface area (Å²) in [5.74, 6) is -6.21. The van der Waals surface area contributed by atoms with E-state index in [-0.39, 0.29) is 42.2 Å². The van der Waals surface area contributed by atoms with Crippen LogP contribution in [0.15, 0.2) is 59.5 Å². The van der Waals surface area contributed by atoms with Crippen LogP contribution in [0.5, 0.6) is 0 Å². The highest BCUT2D eigenvalue weighted by Gasteiger charge is 2.44. The van der Waals surface area contributed by atoms with Crippen LogP contribution in [0.2, 0.25) is 0 Å². The van der Waals surface area contributed by atoms with E-state index in [1.807, 2.05) is 18.6 Å². The molecule has 6 amide bonds. The maximum Gasteiger partial charge on any atom is 0.471 e. The topological polar surface area (TPSA) is 219 Å². The van der Waals surface area contributed by atoms with E-state index in [0.717, 1.165) is 24.3 Å². The monoisotopic (exact) mass is 968 g/mol. The maximum atomic E-state index is 14.3. The number of carbonyl (C=O) groups excluding carboxylic acids is 6. The van der Waals surface area contributed by atoms with Crippen molar-refractivity contribution in [1.29, 1.82) is 0 Å². The first-order valence-electron chi connectivity index (χ1n) is 22.2. The number of nitrogens with one attached hydrogen (secondary N) is 4. The second-order valence-corrected chi connectivity index (χ2v) is 19.8. The van der Waals surface area contributed by atoms with Gasteiger partial charge in [0.2, 0.25) is 17.7 Å². The van der Waals surface area contributed by atoms with Crippen molar-refractivity contribution in [2.45, 2.75) is 141 Å². The lowest BCUT2D eigenvalue weighted by Gasteiger charge is -2.40. The van der Waals surface area contributed by atoms with Gasteiger partial charge in [-0.1, -0.05) is 71.4 Å². The van der Waals surface area contributed by atoms with Gasteiger partial charge in [-0.2, -0.15) is 13.2 Å². The average Bonchev–Trinajstić information content (AvgIpc) is 3.74. The first kappa shape index (κ1) is 56.0. The fourth-order valence-electron chi connectivity index (χ4n) is 8.02. The zero-order valence-corrected chi connectivity index (χ0v) is 40.9. The standard InChI is InChI=1S/C46H67F3N6O11S/c1-12-28(4)38(54(9)42(59)37(27(2)3)52-44(61)66-45(6,7)8)35(64-10)26-36(56)55-24-16-19-34(55)39(65-11)29(5)40(57)51-33(25-30-17-14-13-15-18-30)41(58)53-67(62,63)32-22-20-31(21-23-32)50-43(60)46(47,48)49/h13-15,17-18,20-23,27-29,33-35,37-39H,12,16,19,24-26H2,1-11H3,(H,50,60)(H,51,57)(H,52,61)(H,53,58)/t28-,29+,33-,34-,35+,37-,38-,39+/m0/s1. The molecule has 0 aliphatic carbocycles. The third-order valence-electron chi connectivity index (χ3n) is 11.7. The molecular weight excluding hydrogens is 902 g/mol. The van der Waals surface area contributed by atoms with E-state index in [4.69, 9.17) is 14.2 Å². The Hall–Kier alpha value is -5.28. The molecule has 1 aliphatic rings. The van der Waals surface area contributed by atoms with Crippen LogP contribution in [0.1, 0.15) is 86.6 Å². The van der Waals surface area contributed by atoms with Crippen molar-refractivity contribution in [2.75, 3.05) is 33.1 Å². The lowest BCUT2D eigenvalue weighted by atomic mass is 9.89. The molecule has 0 bridgehead atoms. The Morgan fingerprint density at radius 2 is 1.49 bits per heavy atom. The summed E-state index contributed by atoms with van der Waals surface area (Å²) in [7, 11) is -0.169. The van der Waals surface area contributed by atoms with Crippen molar-refractivity contribution in [3.63, 3.8) is 0 Å². The SMILES string of the molecule is CC[C@H](C)[C@@H]([C@@H](CC(=O)N1CCC[C@H]1[C@H](OC)[C@@H](C)C(=O)N[C@@H](Cc1ccccc1)C(=O)NS(=O)(=O)c1ccc(NC(=O)C(F)(F)F)cc1)OC)N(C)C(=O)[C@@H](NC(=O)OC(C)(C)C)C(C)C. The molecule has 1 fully saturated rings. The summed E-state index contributed by atoms with van der Waals surface area (Å²) in [5, 5.41) is 6.98. The van der Waals surface area contributed by atoms with Crippen molar-refractivity contribution in [1.82, 2.24) is 25.2 Å². The Kier molecular flexibility index (Phi) is 20.2. The first-order valence-corrected chi connectivity index (χ1v) is 23.6. The van der Waals surface area contributed by atoms with E-state index in [1.54, 1.807) is 89.1 Å². The first-order chi connectivity index (χ1) is 31.1. The normalized spacial score (nSPS) is 17.5. The molecule has 1 heterocycles. The number of hydrogen-bond acceptors (Lipinski definition) is 11. The molecule has 0 spiro atoms. The van der Waals surface area contributed by atoms with Gasteiger partial charge in [0.05, 0.1) is 41.5 Å². The number of ether oxygens (including phenoxy) is 3. The van der Waals surface area contributed by atoms with Crippen LogP contribution in [0.4, 0.5) is 23.7 Å². The molecule has 21 heteroatoms. The Morgan fingerprint density at radius 3 is 2.01 bits per heavy atom. The largest absolute Gasteiger partial charge is 0.471 e. The lowest BCUT2D eigenvalue weighted by Crippen LogP contribution is -2.58. The zero-order chi connectivity index (χ0) is 50.6. The van der Waals surface area contributed by atoms with Gasteiger partial charge in [0.15, 0.2) is 0 Å². The molecular formula is C46H67F3N6O11S. The summed E-state index contributed by atoms with van der Waals surface area (Å²) < 4.78 is 84.0. The number of alkyl carbamates (subject to hydrolysis) is 1. The van der Waals surface area contributed by atoms with Crippen LogP contribution in [0.3, 0.4) is 0 Å². The van der Waals surface area contributed by atoms with Crippen LogP contribution in [0.25, 0.3) is 0 Å². The van der Waals surface area contributed by atoms with Crippen LogP contribution in [-0.2, 0) is 54.6 Å². The second kappa shape index (κ2) is 24.1. The van der Waals surface area contributed by atoms with Crippen LogP contribution in [-0.4, -0.2) is 130 Å². The molecule has 1 aliphatic heterocycles. The van der Waals surface area contributed by atoms with Gasteiger partial charge in [-0.25, -0.2) is 17.9 Å². The summed E-state index contributed by atoms with van der Waals surface area (Å²) in [6.45, 7) is 14.6. The predicted molar refractivity (Wildman–Crippen MR) is 243 cm³/mol. The quantitative estimate of drug-likeness (QED) is 0.128. The molecule has 0 aromatic heterocycles. The molecule has 0 saturated carbocycles. The number of likely N-dealkylation sites (tertiary alicyclic amines) is 1. The van der Waals surface area contributed by atoms with Gasteiger partial charge in [0.1, 0.15) is 17.7 Å². The van der Waals surface area contributed by atoms with Gasteiger partial charge < -0.3 is 40.0 Å². The Balaban J connectivity index is 1.82. The summed E-state index contributed by atoms with van der Waals surface area (Å²) in [6.07, 6.45) is -6.21. The smallest absolute Gasteiger partial charge is 0.444 e. The molecule has 374 valence electrons. The number of likely N-dealkylation sites (N-methyl/N-ethyl adjacent to an activating group) is 1. The van der Waals surface area contributed by atoms with E-state index < -0.39 is 92.8 Å². The molecule has 2 aromatic carbocycles. The van der Waals surface area contributed by atoms with Crippen molar-refractivity contribution in [2.24, 2.45) is 17.8 Å². The number of rotatable bonds is 21. The Morgan fingerprint density at radius 1 is 0.881 bits per heavy atom. The number of amides is 6. The number of nitrogens with zero attached hydrogens (tertiary/aromatic N) is 2. The van der Waals surface area contributed by atoms with Crippen molar-refractivity contribution >= 4 is 51.3 Å². The van der Waals surface area contributed by atoms with Crippen molar-refractivity contribution in [3.8, 4) is 0 Å². The number of carbonyl (C=O) groups is 6. The van der Waals surface area contributed by atoms with Gasteiger partial charge in [-0.3, -0.25) is 24.0 Å². The van der Waals surface area contributed by atoms with E-state index in [1.165, 1.54) is 19.1 Å². The minimum absolute atomic E-state index is 0.138. The van der Waals surface area contributed by atoms with Crippen molar-refractivity contribution < 1.29 is 64.6 Å². The highest BCUT2D eigenvalue weighted by Crippen LogP contribution is 2.30. The highest BCUT2D eigenvalue weighted by atomic mass is 32.2. The number of halogens is 3. The van der Waals surface area contributed by atoms with E-state index in [0.29, 0.717) is 31.4 Å². The summed E-state index contributed by atoms with van der Waals surface area (Å²) in [5.41, 5.74) is -0.560. The third kappa shape index (κ3) is 15.9. The van der Waals surface area contributed by atoms with E-state index in [9.17, 15) is 50.4 Å². The molecule has 17 nitrogen and oxygen atoms in total. The molecule has 4 N–H and O–H groups in total. The van der Waals surface area contributed by atoms with Gasteiger partial charge in [-0.05, 0) is 75.3 Å². The number of methoxy groups -OCH3 is 2. The lowest BCUT2D eigenvalue weighted by molar-refractivity contribution is -0.167. The number of hydrogen-bond donors (Lipinski definition) is 4. The number of alkyl halides is 3. The van der Waals surface area contributed by atoms with E-state index in [2.05, 4.69) is 10.6 Å². The maximum absolute atomic E-state index is 14.3. The zero-order valence-electron chi connectivity index (χ0n) is 40.1. The van der Waals surface area contributed by atoms with Gasteiger partial charge in [0.25, 0.3) is 15.9 Å². The molecule has 8 atom stereocenters. The second-order valence-electron chi connectivity index (χ2n) is 18.2. The molecule has 3 rings (SSSR count). The Labute approximate surface area is 391 Å². The summed E-state index contributed by atoms with van der Waals surface area (Å²) >= 11 is 0. The predicted octanol–water partition coefficient (Wildman–Crippen LogP) is 5.19. The number of benzene rings is 2. The average molecular weight is 969 g/mol. The minimum Gasteiger partial charge on any atom is -0.444 e. The summed E-state index contributed by atoms with van der Waals surface area (Å²) in [6, 6.07) is 8.52. The third-order valence-corrected chi connectivity index (χ3v) is 13.1. The van der Waals surface area contributed by atoms with Gasteiger partial charge >= 0.3 is 18.2 Å². The summed E-state index contributed by atoms with van der Waals surface area (Å²) in [4.78, 5) is 83.0. The minimum atomic E-state index is -5.18. The van der Waals surface area contributed by atoms with Crippen LogP contribution in [0, 0.1) is 17.8 Å². The molecule has 1 saturated heterocycles. The highest BCUT2D eigenvalue weighted by molar-refractivity contribution is 7.90. The molecule has 0 unspecified atom stereocenters. The van der Waals surface area contributed by atoms with Gasteiger partial charge in [0, 0.05) is 39.9 Å². The number of sulfonamides is 1. The number of anilines is 1. The van der Waals surface area contributed by atoms with Gasteiger partial charge in [-0.15, -0.1) is 0 Å². The molecule has 67 heavy (non-hydrogen) atoms. The fourth-order valence-corrected chi connectivity index (χ4v) is 9.04. The van der Waals surface area contributed by atoms with E-state index >= 15 is 0 Å².